The van der Waals surface area contributed by atoms with Crippen LogP contribution in [-0.2, 0) is 0 Å². The molecule has 0 atom stereocenters. The number of hydrogen-bond donors (Lipinski definition) is 2. The van der Waals surface area contributed by atoms with Gasteiger partial charge in [-0.1, -0.05) is 61.6 Å². The maximum absolute atomic E-state index is 11.4. The minimum atomic E-state index is -0.478. The highest BCUT2D eigenvalue weighted by Gasteiger charge is 2.17. The number of nitrogens with one attached hydrogen (secondary N) is 1. The number of primary amides is 1. The van der Waals surface area contributed by atoms with Crippen LogP contribution in [0, 0.1) is 0 Å². The predicted octanol–water partition coefficient (Wildman–Crippen LogP) is 5.96. The van der Waals surface area contributed by atoms with Gasteiger partial charge < -0.3 is 15.8 Å². The lowest BCUT2D eigenvalue weighted by Gasteiger charge is -2.09. The Balaban J connectivity index is 1.61. The van der Waals surface area contributed by atoms with Gasteiger partial charge >= 0.3 is 0 Å². The summed E-state index contributed by atoms with van der Waals surface area (Å²) >= 11 is 1.55. The van der Waals surface area contributed by atoms with Gasteiger partial charge in [-0.05, 0) is 24.3 Å². The van der Waals surface area contributed by atoms with Crippen molar-refractivity contribution in [2.45, 2.75) is 19.8 Å². The maximum atomic E-state index is 11.4. The maximum Gasteiger partial charge on any atom is 0.248 e. The molecule has 2 heterocycles. The Morgan fingerprint density at radius 2 is 1.87 bits per heavy atom. The lowest BCUT2D eigenvalue weighted by molar-refractivity contribution is 0.100. The second-order valence-corrected chi connectivity index (χ2v) is 8.25. The van der Waals surface area contributed by atoms with Crippen LogP contribution in [0.5, 0.6) is 10.8 Å². The lowest BCUT2D eigenvalue weighted by atomic mass is 10.1. The third-order valence-corrected chi connectivity index (χ3v) is 5.75. The normalized spacial score (nSPS) is 10.8. The monoisotopic (exact) mass is 430 g/mol. The number of anilines is 2. The van der Waals surface area contributed by atoms with Gasteiger partial charge in [-0.2, -0.15) is 0 Å². The fourth-order valence-electron chi connectivity index (χ4n) is 2.96. The number of nitrogens with two attached hydrogens (primary N) is 1. The quantitative estimate of drug-likeness (QED) is 0.377. The number of ether oxygens (including phenoxy) is 1. The smallest absolute Gasteiger partial charge is 0.248 e. The van der Waals surface area contributed by atoms with Gasteiger partial charge in [-0.15, -0.1) is 0 Å². The highest BCUT2D eigenvalue weighted by Crippen LogP contribution is 2.40. The first-order chi connectivity index (χ1) is 15.0. The number of carbonyl (C=O) groups is 1. The largest absolute Gasteiger partial charge is 0.444 e. The molecule has 0 bridgehead atoms. The van der Waals surface area contributed by atoms with Crippen LogP contribution in [-0.4, -0.2) is 15.9 Å². The van der Waals surface area contributed by atoms with Crippen LogP contribution in [0.3, 0.4) is 0 Å². The molecule has 0 saturated heterocycles. The topological polar surface area (TPSA) is 90.1 Å². The molecule has 0 aliphatic rings. The number of hydrogen-bond acceptors (Lipinski definition) is 6. The predicted molar refractivity (Wildman–Crippen MR) is 124 cm³/mol. The average molecular weight is 431 g/mol. The molecule has 31 heavy (non-hydrogen) atoms. The van der Waals surface area contributed by atoms with Gasteiger partial charge in [-0.25, -0.2) is 9.97 Å². The van der Waals surface area contributed by atoms with Crippen LogP contribution in [0.2, 0.25) is 0 Å². The molecule has 156 valence electrons. The van der Waals surface area contributed by atoms with Crippen LogP contribution in [0.25, 0.3) is 11.3 Å². The molecule has 0 fully saturated rings. The molecule has 7 heteroatoms. The van der Waals surface area contributed by atoms with Crippen molar-refractivity contribution >= 4 is 28.7 Å². The number of benzene rings is 2. The number of amides is 1. The molecule has 4 aromatic rings. The van der Waals surface area contributed by atoms with Crippen LogP contribution < -0.4 is 15.8 Å². The number of nitrogens with zero attached hydrogens (tertiary/aromatic N) is 2. The minimum absolute atomic E-state index is 0.303. The third kappa shape index (κ3) is 4.90. The van der Waals surface area contributed by atoms with Gasteiger partial charge in [0.25, 0.3) is 0 Å². The lowest BCUT2D eigenvalue weighted by Crippen LogP contribution is -2.10. The van der Waals surface area contributed by atoms with Crippen LogP contribution in [0.1, 0.15) is 35.1 Å². The Morgan fingerprint density at radius 3 is 2.61 bits per heavy atom. The fraction of sp³-hybridized carbons (Fsp3) is 0.125. The number of rotatable bonds is 7. The summed E-state index contributed by atoms with van der Waals surface area (Å²) in [4.78, 5) is 20.6. The first kappa shape index (κ1) is 20.6. The van der Waals surface area contributed by atoms with Gasteiger partial charge in [0.2, 0.25) is 11.0 Å². The van der Waals surface area contributed by atoms with E-state index in [9.17, 15) is 4.79 Å². The van der Waals surface area contributed by atoms with Crippen LogP contribution >= 0.6 is 11.3 Å². The van der Waals surface area contributed by atoms with E-state index in [0.717, 1.165) is 21.3 Å². The van der Waals surface area contributed by atoms with Gasteiger partial charge in [0.15, 0.2) is 0 Å². The highest BCUT2D eigenvalue weighted by atomic mass is 32.1. The molecule has 0 spiro atoms. The molecule has 6 nitrogen and oxygen atoms in total. The Bertz CT molecular complexity index is 1210. The zero-order chi connectivity index (χ0) is 21.8. The van der Waals surface area contributed by atoms with E-state index in [4.69, 9.17) is 15.5 Å². The van der Waals surface area contributed by atoms with E-state index < -0.39 is 5.91 Å². The van der Waals surface area contributed by atoms with E-state index in [1.54, 1.807) is 47.9 Å². The van der Waals surface area contributed by atoms with Crippen molar-refractivity contribution in [1.29, 1.82) is 0 Å². The van der Waals surface area contributed by atoms with Crippen molar-refractivity contribution in [2.24, 2.45) is 5.73 Å². The molecule has 0 aliphatic heterocycles. The van der Waals surface area contributed by atoms with E-state index in [1.807, 2.05) is 36.4 Å². The second kappa shape index (κ2) is 8.97. The van der Waals surface area contributed by atoms with Crippen LogP contribution in [0.4, 0.5) is 11.5 Å². The molecular weight excluding hydrogens is 408 g/mol. The summed E-state index contributed by atoms with van der Waals surface area (Å²) in [5, 5.41) is 4.94. The zero-order valence-corrected chi connectivity index (χ0v) is 18.0. The highest BCUT2D eigenvalue weighted by molar-refractivity contribution is 7.14. The van der Waals surface area contributed by atoms with Gasteiger partial charge in [0.05, 0.1) is 5.01 Å². The van der Waals surface area contributed by atoms with Gasteiger partial charge in [-0.3, -0.25) is 4.79 Å². The third-order valence-electron chi connectivity index (χ3n) is 4.52. The van der Waals surface area contributed by atoms with Crippen molar-refractivity contribution in [2.75, 3.05) is 5.32 Å². The number of carbonyl (C=O) groups excluding carboxylic acids is 1. The summed E-state index contributed by atoms with van der Waals surface area (Å²) in [6.45, 7) is 4.23. The van der Waals surface area contributed by atoms with Crippen molar-refractivity contribution in [1.82, 2.24) is 9.97 Å². The van der Waals surface area contributed by atoms with Crippen LogP contribution in [0.15, 0.2) is 72.9 Å². The van der Waals surface area contributed by atoms with Crippen molar-refractivity contribution in [3.05, 3.63) is 83.5 Å². The Morgan fingerprint density at radius 1 is 1.06 bits per heavy atom. The summed E-state index contributed by atoms with van der Waals surface area (Å²) in [5.74, 6) is 1.05. The standard InChI is InChI=1S/C24H22N4O2S/c1-15(2)23-28-21(16-7-4-3-5-8-16)24(31-23)30-19-11-12-26-20(14-19)27-18-10-6-9-17(13-18)22(25)29/h3-15H,1-2H3,(H2,25,29)(H,26,27). The number of aromatic nitrogens is 2. The Hall–Kier alpha value is -3.71. The van der Waals surface area contributed by atoms with E-state index in [2.05, 4.69) is 24.1 Å². The molecular formula is C24H22N4O2S. The Labute approximate surface area is 184 Å². The fourth-order valence-corrected chi connectivity index (χ4v) is 3.93. The molecule has 0 aliphatic carbocycles. The van der Waals surface area contributed by atoms with Crippen molar-refractivity contribution in [3.63, 3.8) is 0 Å². The summed E-state index contributed by atoms with van der Waals surface area (Å²) < 4.78 is 6.24. The summed E-state index contributed by atoms with van der Waals surface area (Å²) in [7, 11) is 0. The average Bonchev–Trinajstić information content (AvgIpc) is 3.19. The van der Waals surface area contributed by atoms with E-state index in [-0.39, 0.29) is 0 Å². The summed E-state index contributed by atoms with van der Waals surface area (Å²) in [6, 6.07) is 20.6. The molecule has 1 amide bonds. The molecule has 0 saturated carbocycles. The summed E-state index contributed by atoms with van der Waals surface area (Å²) in [6.07, 6.45) is 1.67. The van der Waals surface area contributed by atoms with E-state index in [0.29, 0.717) is 28.7 Å². The molecule has 0 unspecified atom stereocenters. The molecule has 2 aromatic heterocycles. The van der Waals surface area contributed by atoms with Crippen molar-refractivity contribution < 1.29 is 9.53 Å². The molecule has 2 aromatic carbocycles. The number of pyridine rings is 1. The number of thiazole rings is 1. The van der Waals surface area contributed by atoms with Gasteiger partial charge in [0.1, 0.15) is 17.3 Å². The molecule has 3 N–H and O–H groups in total. The molecule has 4 rings (SSSR count). The van der Waals surface area contributed by atoms with Crippen molar-refractivity contribution in [3.8, 4) is 22.1 Å². The Kier molecular flexibility index (Phi) is 5.95. The summed E-state index contributed by atoms with van der Waals surface area (Å²) in [5.41, 5.74) is 8.34. The zero-order valence-electron chi connectivity index (χ0n) is 17.2. The first-order valence-corrected chi connectivity index (χ1v) is 10.7. The van der Waals surface area contributed by atoms with E-state index >= 15 is 0 Å². The SMILES string of the molecule is CC(C)c1nc(-c2ccccc2)c(Oc2ccnc(Nc3cccc(C(N)=O)c3)c2)s1. The van der Waals surface area contributed by atoms with E-state index in [1.165, 1.54) is 0 Å². The van der Waals surface area contributed by atoms with Gasteiger partial charge in [0, 0.05) is 35.0 Å². The minimum Gasteiger partial charge on any atom is -0.444 e. The first-order valence-electron chi connectivity index (χ1n) is 9.86. The molecule has 0 radical (unpaired) electrons. The second-order valence-electron chi connectivity index (χ2n) is 7.26.